The summed E-state index contributed by atoms with van der Waals surface area (Å²) in [4.78, 5) is 44.9. The van der Waals surface area contributed by atoms with Crippen LogP contribution in [0.2, 0.25) is 0 Å². The summed E-state index contributed by atoms with van der Waals surface area (Å²) in [6, 6.07) is 0. The molecule has 0 radical (unpaired) electrons. The van der Waals surface area contributed by atoms with Crippen molar-refractivity contribution in [2.75, 3.05) is 13.2 Å². The third-order valence-electron chi connectivity index (χ3n) is 3.46. The van der Waals surface area contributed by atoms with E-state index in [0.29, 0.717) is 6.42 Å². The normalized spacial score (nSPS) is 9.59. The minimum Gasteiger partial charge on any atom is -0.790 e. The van der Waals surface area contributed by atoms with Crippen LogP contribution in [0, 0.1) is 59.7 Å². The van der Waals surface area contributed by atoms with Gasteiger partial charge in [0, 0.05) is 12.3 Å². The van der Waals surface area contributed by atoms with E-state index in [1.54, 1.807) is 0 Å². The number of esters is 2. The molecule has 34 heavy (non-hydrogen) atoms. The SMILES string of the molecule is C#CC#CC#CC#CC#CC(=O)OC[C@H](COP(=O)([O-])[O-])OC(=O)CCCCCCCC.[Na+].[Na+]. The Bertz CT molecular complexity index is 952. The zero-order chi connectivity index (χ0) is 24.1. The molecule has 0 fully saturated rings. The summed E-state index contributed by atoms with van der Waals surface area (Å²) < 4.78 is 24.6. The Kier molecular flexibility index (Phi) is 27.5. The quantitative estimate of drug-likeness (QED) is 0.0609. The number of unbranched alkanes of at least 4 members (excludes halogenated alkanes) is 5. The molecule has 11 heteroatoms. The van der Waals surface area contributed by atoms with Crippen LogP contribution in [-0.2, 0) is 28.2 Å². The van der Waals surface area contributed by atoms with Gasteiger partial charge >= 0.3 is 71.1 Å². The van der Waals surface area contributed by atoms with E-state index in [9.17, 15) is 23.9 Å². The van der Waals surface area contributed by atoms with E-state index < -0.39 is 39.1 Å². The van der Waals surface area contributed by atoms with Gasteiger partial charge in [0.1, 0.15) is 6.61 Å². The van der Waals surface area contributed by atoms with Crippen LogP contribution < -0.4 is 68.9 Å². The first-order valence-corrected chi connectivity index (χ1v) is 11.2. The van der Waals surface area contributed by atoms with Crippen molar-refractivity contribution in [3.8, 4) is 59.7 Å². The van der Waals surface area contributed by atoms with Crippen LogP contribution in [-0.4, -0.2) is 31.3 Å². The Hall–Kier alpha value is -1.15. The molecule has 0 bridgehead atoms. The standard InChI is InChI=1S/C23H25O8P.2Na/c1-3-5-7-9-11-12-14-15-17-22(24)29-19-21(20-30-32(26,27)28)31-23(25)18-16-13-10-8-6-4-2;;/h1,21H,4,6,8,10,13,16,18-20H2,2H3,(H2,26,27,28);;/q;2*+1/p-2/t21-;;/m1../s1. The number of rotatable bonds is 13. The van der Waals surface area contributed by atoms with Crippen LogP contribution in [0.5, 0.6) is 0 Å². The fourth-order valence-electron chi connectivity index (χ4n) is 2.06. The third-order valence-corrected chi connectivity index (χ3v) is 3.93. The predicted octanol–water partition coefficient (Wildman–Crippen LogP) is -5.31. The number of carbonyl (C=O) groups is 2. The Morgan fingerprint density at radius 3 is 2.03 bits per heavy atom. The van der Waals surface area contributed by atoms with Gasteiger partial charge in [0.15, 0.2) is 6.10 Å². The van der Waals surface area contributed by atoms with Gasteiger partial charge in [-0.25, -0.2) is 4.79 Å². The number of ether oxygens (including phenoxy) is 2. The first-order valence-electron chi connectivity index (χ1n) is 9.78. The molecule has 0 rings (SSSR count). The maximum absolute atomic E-state index is 11.9. The average molecular weight is 504 g/mol. The topological polar surface area (TPSA) is 125 Å². The molecule has 0 saturated heterocycles. The van der Waals surface area contributed by atoms with Gasteiger partial charge in [-0.3, -0.25) is 4.79 Å². The van der Waals surface area contributed by atoms with Crippen molar-refractivity contribution in [2.24, 2.45) is 0 Å². The van der Waals surface area contributed by atoms with E-state index >= 15 is 0 Å². The summed E-state index contributed by atoms with van der Waals surface area (Å²) >= 11 is 0. The van der Waals surface area contributed by atoms with Crippen molar-refractivity contribution in [3.05, 3.63) is 0 Å². The molecule has 0 spiro atoms. The molecule has 1 atom stereocenters. The molecule has 0 N–H and O–H groups in total. The minimum absolute atomic E-state index is 0. The van der Waals surface area contributed by atoms with Crippen LogP contribution in [0.1, 0.15) is 51.9 Å². The summed E-state index contributed by atoms with van der Waals surface area (Å²) in [6.45, 7) is 0.772. The second-order valence-corrected chi connectivity index (χ2v) is 7.27. The summed E-state index contributed by atoms with van der Waals surface area (Å²) in [5, 5.41) is 0. The molecule has 0 heterocycles. The molecule has 0 aliphatic carbocycles. The van der Waals surface area contributed by atoms with Gasteiger partial charge in [-0.05, 0) is 53.8 Å². The van der Waals surface area contributed by atoms with E-state index in [-0.39, 0.29) is 65.5 Å². The van der Waals surface area contributed by atoms with Crippen molar-refractivity contribution >= 4 is 19.8 Å². The molecular weight excluding hydrogens is 481 g/mol. The van der Waals surface area contributed by atoms with Crippen LogP contribution >= 0.6 is 7.82 Å². The van der Waals surface area contributed by atoms with Gasteiger partial charge in [0.25, 0.3) is 0 Å². The Labute approximate surface area is 245 Å². The van der Waals surface area contributed by atoms with Gasteiger partial charge in [0.2, 0.25) is 0 Å². The molecule has 0 unspecified atom stereocenters. The van der Waals surface area contributed by atoms with Crippen molar-refractivity contribution < 1.29 is 97.1 Å². The Morgan fingerprint density at radius 2 is 1.44 bits per heavy atom. The molecule has 0 aromatic rings. The summed E-state index contributed by atoms with van der Waals surface area (Å²) in [5.41, 5.74) is 0. The summed E-state index contributed by atoms with van der Waals surface area (Å²) in [5.74, 6) is 18.5. The minimum atomic E-state index is -5.29. The van der Waals surface area contributed by atoms with E-state index in [4.69, 9.17) is 15.9 Å². The molecule has 8 nitrogen and oxygen atoms in total. The first kappa shape index (κ1) is 37.4. The number of phosphoric acid groups is 1. The molecule has 170 valence electrons. The largest absolute Gasteiger partial charge is 1.00 e. The first-order chi connectivity index (χ1) is 15.3. The number of phosphoric ester groups is 1. The van der Waals surface area contributed by atoms with Gasteiger partial charge in [-0.2, -0.15) is 0 Å². The molecular formula is C23H23Na2O8P. The van der Waals surface area contributed by atoms with Crippen molar-refractivity contribution in [3.63, 3.8) is 0 Å². The van der Waals surface area contributed by atoms with Crippen molar-refractivity contribution in [2.45, 2.75) is 58.0 Å². The predicted molar refractivity (Wildman–Crippen MR) is 112 cm³/mol. The number of hydrogen-bond donors (Lipinski definition) is 0. The Morgan fingerprint density at radius 1 is 0.882 bits per heavy atom. The third kappa shape index (κ3) is 27.1. The second kappa shape index (κ2) is 25.0. The van der Waals surface area contributed by atoms with Crippen LogP contribution in [0.4, 0.5) is 0 Å². The molecule has 0 aromatic heterocycles. The zero-order valence-electron chi connectivity index (χ0n) is 19.7. The zero-order valence-corrected chi connectivity index (χ0v) is 24.6. The van der Waals surface area contributed by atoms with Gasteiger partial charge < -0.3 is 28.3 Å². The number of carbonyl (C=O) groups excluding carboxylic acids is 2. The van der Waals surface area contributed by atoms with E-state index in [0.717, 1.165) is 32.1 Å². The van der Waals surface area contributed by atoms with Crippen LogP contribution in [0.25, 0.3) is 0 Å². The molecule has 0 aromatic carbocycles. The monoisotopic (exact) mass is 504 g/mol. The van der Waals surface area contributed by atoms with Gasteiger partial charge in [0.05, 0.1) is 14.4 Å². The number of terminal acetylenes is 1. The molecule has 0 aliphatic heterocycles. The van der Waals surface area contributed by atoms with Gasteiger partial charge in [-0.1, -0.05) is 39.0 Å². The average Bonchev–Trinajstić information content (AvgIpc) is 2.73. The van der Waals surface area contributed by atoms with Gasteiger partial charge in [-0.15, -0.1) is 6.42 Å². The number of hydrogen-bond acceptors (Lipinski definition) is 8. The van der Waals surface area contributed by atoms with E-state index in [1.165, 1.54) is 0 Å². The molecule has 0 amide bonds. The fourth-order valence-corrected chi connectivity index (χ4v) is 2.41. The summed E-state index contributed by atoms with van der Waals surface area (Å²) in [7, 11) is -5.29. The summed E-state index contributed by atoms with van der Waals surface area (Å²) in [6.07, 6.45) is 9.48. The maximum Gasteiger partial charge on any atom is 1.00 e. The van der Waals surface area contributed by atoms with E-state index in [2.05, 4.69) is 58.8 Å². The Balaban J connectivity index is -0.00000480. The van der Waals surface area contributed by atoms with Crippen LogP contribution in [0.3, 0.4) is 0 Å². The maximum atomic E-state index is 11.9. The van der Waals surface area contributed by atoms with Crippen molar-refractivity contribution in [1.29, 1.82) is 0 Å². The van der Waals surface area contributed by atoms with Crippen LogP contribution in [0.15, 0.2) is 0 Å². The van der Waals surface area contributed by atoms with E-state index in [1.807, 2.05) is 5.92 Å². The smallest absolute Gasteiger partial charge is 0.790 e. The fraction of sp³-hybridized carbons (Fsp3) is 0.478. The second-order valence-electron chi connectivity index (χ2n) is 6.12. The molecule has 0 saturated carbocycles. The molecule has 0 aliphatic rings. The van der Waals surface area contributed by atoms with Crippen molar-refractivity contribution in [1.82, 2.24) is 0 Å².